The second-order valence-corrected chi connectivity index (χ2v) is 4.25. The number of benzene rings is 2. The Morgan fingerprint density at radius 2 is 1.06 bits per heavy atom. The van der Waals surface area contributed by atoms with Crippen molar-refractivity contribution < 1.29 is 0 Å². The average Bonchev–Trinajstić information content (AvgIpc) is 2.29. The predicted molar refractivity (Wildman–Crippen MR) is 69.5 cm³/mol. The van der Waals surface area contributed by atoms with Gasteiger partial charge in [0.2, 0.25) is 0 Å². The summed E-state index contributed by atoms with van der Waals surface area (Å²) in [5.74, 6) is 1.36. The molecule has 0 heteroatoms. The zero-order valence-corrected chi connectivity index (χ0v) is 10.1. The first-order valence-electron chi connectivity index (χ1n) is 5.65. The van der Waals surface area contributed by atoms with Crippen molar-refractivity contribution in [3.63, 3.8) is 0 Å². The van der Waals surface area contributed by atoms with Crippen LogP contribution in [-0.2, 0) is 0 Å². The maximum absolute atomic E-state index is 2.20. The molecular weight excluding hydrogens is 192 g/mol. The maximum atomic E-state index is 2.20. The summed E-state index contributed by atoms with van der Waals surface area (Å²) in [5.41, 5.74) is 5.36. The molecule has 2 rings (SSSR count). The molecule has 0 saturated heterocycles. The van der Waals surface area contributed by atoms with Gasteiger partial charge in [-0.1, -0.05) is 55.5 Å². The number of aryl methyl sites for hydroxylation is 2. The van der Waals surface area contributed by atoms with Gasteiger partial charge in [0.15, 0.2) is 0 Å². The summed E-state index contributed by atoms with van der Waals surface area (Å²) in [4.78, 5) is 0. The van der Waals surface area contributed by atoms with E-state index in [0.29, 0.717) is 0 Å². The molecule has 16 heavy (non-hydrogen) atoms. The summed E-state index contributed by atoms with van der Waals surface area (Å²) < 4.78 is 0. The lowest BCUT2D eigenvalue weighted by atomic mass is 9.88. The molecule has 0 fully saturated rings. The van der Waals surface area contributed by atoms with Gasteiger partial charge in [0.05, 0.1) is 0 Å². The molecule has 0 aromatic heterocycles. The molecule has 0 amide bonds. The Labute approximate surface area is 97.9 Å². The van der Waals surface area contributed by atoms with Crippen molar-refractivity contribution in [2.75, 3.05) is 0 Å². The Morgan fingerprint density at radius 3 is 1.44 bits per heavy atom. The number of hydrogen-bond donors (Lipinski definition) is 0. The fourth-order valence-electron chi connectivity index (χ4n) is 2.13. The molecule has 0 bridgehead atoms. The minimum Gasteiger partial charge on any atom is -0.0620 e. The van der Waals surface area contributed by atoms with Crippen LogP contribution in [0.5, 0.6) is 0 Å². The zero-order chi connectivity index (χ0) is 11.5. The Kier molecular flexibility index (Phi) is 3.09. The highest BCUT2D eigenvalue weighted by Crippen LogP contribution is 2.27. The van der Waals surface area contributed by atoms with Crippen molar-refractivity contribution in [3.8, 4) is 0 Å². The molecule has 0 nitrogen and oxygen atoms in total. The fraction of sp³-hybridized carbons (Fsp3) is 0.188. The van der Waals surface area contributed by atoms with Crippen LogP contribution in [0.1, 0.15) is 29.2 Å². The van der Waals surface area contributed by atoms with Gasteiger partial charge < -0.3 is 0 Å². The van der Waals surface area contributed by atoms with Crippen LogP contribution in [0.3, 0.4) is 0 Å². The van der Waals surface area contributed by atoms with E-state index in [9.17, 15) is 0 Å². The zero-order valence-electron chi connectivity index (χ0n) is 10.1. The minimum absolute atomic E-state index is 1.34. The van der Waals surface area contributed by atoms with Gasteiger partial charge >= 0.3 is 0 Å². The summed E-state index contributed by atoms with van der Waals surface area (Å²) >= 11 is 0. The molecule has 1 radical (unpaired) electrons. The molecule has 0 N–H and O–H groups in total. The van der Waals surface area contributed by atoms with Crippen LogP contribution in [0.25, 0.3) is 0 Å². The van der Waals surface area contributed by atoms with Crippen LogP contribution in [0.2, 0.25) is 0 Å². The lowest BCUT2D eigenvalue weighted by Crippen LogP contribution is -2.01. The largest absolute Gasteiger partial charge is 0.0620 e. The highest BCUT2D eigenvalue weighted by molar-refractivity contribution is 5.50. The first-order chi connectivity index (χ1) is 7.70. The van der Waals surface area contributed by atoms with E-state index < -0.39 is 0 Å². The van der Waals surface area contributed by atoms with Gasteiger partial charge in [-0.2, -0.15) is 0 Å². The van der Waals surface area contributed by atoms with Crippen LogP contribution >= 0.6 is 0 Å². The van der Waals surface area contributed by atoms with Crippen LogP contribution in [0.4, 0.5) is 0 Å². The number of hydrogen-bond acceptors (Lipinski definition) is 0. The van der Waals surface area contributed by atoms with E-state index in [1.165, 1.54) is 28.2 Å². The molecule has 0 spiro atoms. The molecule has 0 aliphatic heterocycles. The minimum atomic E-state index is 1.34. The summed E-state index contributed by atoms with van der Waals surface area (Å²) in [5, 5.41) is 0. The normalized spacial score (nSPS) is 10.8. The standard InChI is InChI=1S/C16H17/c1-12-8-4-6-10-15(12)14(3)16-11-7-5-9-13(16)2/h4-11H,1-3H3. The van der Waals surface area contributed by atoms with E-state index in [1.807, 2.05) is 0 Å². The molecule has 0 atom stereocenters. The van der Waals surface area contributed by atoms with Gasteiger partial charge in [0.25, 0.3) is 0 Å². The lowest BCUT2D eigenvalue weighted by Gasteiger charge is -2.16. The third-order valence-electron chi connectivity index (χ3n) is 3.10. The van der Waals surface area contributed by atoms with E-state index in [4.69, 9.17) is 0 Å². The van der Waals surface area contributed by atoms with Crippen molar-refractivity contribution in [1.29, 1.82) is 0 Å². The second-order valence-electron chi connectivity index (χ2n) is 4.25. The van der Waals surface area contributed by atoms with E-state index in [-0.39, 0.29) is 0 Å². The lowest BCUT2D eigenvalue weighted by molar-refractivity contribution is 1.14. The predicted octanol–water partition coefficient (Wildman–Crippen LogP) is 4.29. The second kappa shape index (κ2) is 4.52. The Balaban J connectivity index is 2.44. The molecule has 81 valence electrons. The molecular formula is C16H17. The van der Waals surface area contributed by atoms with Crippen molar-refractivity contribution >= 4 is 0 Å². The summed E-state index contributed by atoms with van der Waals surface area (Å²) in [7, 11) is 0. The van der Waals surface area contributed by atoms with E-state index in [2.05, 4.69) is 69.3 Å². The first-order valence-corrected chi connectivity index (χ1v) is 5.65. The van der Waals surface area contributed by atoms with Gasteiger partial charge in [-0.05, 0) is 36.1 Å². The van der Waals surface area contributed by atoms with Gasteiger partial charge in [0.1, 0.15) is 0 Å². The van der Waals surface area contributed by atoms with E-state index >= 15 is 0 Å². The number of rotatable bonds is 2. The van der Waals surface area contributed by atoms with Gasteiger partial charge in [-0.25, -0.2) is 0 Å². The summed E-state index contributed by atoms with van der Waals surface area (Å²) in [6.07, 6.45) is 0. The molecule has 2 aromatic rings. The van der Waals surface area contributed by atoms with Gasteiger partial charge in [0, 0.05) is 5.92 Å². The monoisotopic (exact) mass is 209 g/mol. The molecule has 0 saturated carbocycles. The molecule has 0 heterocycles. The molecule has 0 aliphatic rings. The molecule has 2 aromatic carbocycles. The van der Waals surface area contributed by atoms with Crippen LogP contribution in [0, 0.1) is 19.8 Å². The average molecular weight is 209 g/mol. The van der Waals surface area contributed by atoms with Gasteiger partial charge in [-0.3, -0.25) is 0 Å². The smallest absolute Gasteiger partial charge is 0.0314 e. The highest BCUT2D eigenvalue weighted by Gasteiger charge is 2.12. The molecule has 0 unspecified atom stereocenters. The fourth-order valence-corrected chi connectivity index (χ4v) is 2.13. The first kappa shape index (κ1) is 10.9. The topological polar surface area (TPSA) is 0 Å². The van der Waals surface area contributed by atoms with Crippen molar-refractivity contribution in [1.82, 2.24) is 0 Å². The van der Waals surface area contributed by atoms with Crippen LogP contribution < -0.4 is 0 Å². The van der Waals surface area contributed by atoms with Crippen molar-refractivity contribution in [2.24, 2.45) is 0 Å². The van der Waals surface area contributed by atoms with Crippen molar-refractivity contribution in [3.05, 3.63) is 76.7 Å². The van der Waals surface area contributed by atoms with E-state index in [0.717, 1.165) is 0 Å². The van der Waals surface area contributed by atoms with Crippen LogP contribution in [-0.4, -0.2) is 0 Å². The Bertz CT molecular complexity index is 437. The third-order valence-corrected chi connectivity index (χ3v) is 3.10. The SMILES string of the molecule is C[C](c1ccccc1C)c1ccccc1C. The highest BCUT2D eigenvalue weighted by atomic mass is 14.2. The summed E-state index contributed by atoms with van der Waals surface area (Å²) in [6.45, 7) is 6.53. The Morgan fingerprint density at radius 1 is 0.688 bits per heavy atom. The van der Waals surface area contributed by atoms with E-state index in [1.54, 1.807) is 0 Å². The van der Waals surface area contributed by atoms with Crippen molar-refractivity contribution in [2.45, 2.75) is 20.8 Å². The van der Waals surface area contributed by atoms with Crippen LogP contribution in [0.15, 0.2) is 48.5 Å². The Hall–Kier alpha value is -1.56. The van der Waals surface area contributed by atoms with Gasteiger partial charge in [-0.15, -0.1) is 0 Å². The maximum Gasteiger partial charge on any atom is 0.0314 e. The molecule has 0 aliphatic carbocycles. The summed E-state index contributed by atoms with van der Waals surface area (Å²) in [6, 6.07) is 17.1. The third kappa shape index (κ3) is 2.01. The quantitative estimate of drug-likeness (QED) is 0.692.